The molecular formula is C15H17F3N6O. The van der Waals surface area contributed by atoms with Crippen LogP contribution < -0.4 is 10.5 Å². The van der Waals surface area contributed by atoms with Gasteiger partial charge in [0.1, 0.15) is 5.69 Å². The molecule has 0 atom stereocenters. The van der Waals surface area contributed by atoms with Crippen molar-refractivity contribution in [1.29, 1.82) is 0 Å². The molecule has 0 N–H and O–H groups in total. The molecule has 0 aromatic carbocycles. The molecule has 2 aromatic heterocycles. The van der Waals surface area contributed by atoms with Crippen molar-refractivity contribution >= 4 is 5.95 Å². The summed E-state index contributed by atoms with van der Waals surface area (Å²) in [4.78, 5) is 23.0. The average molecular weight is 354 g/mol. The molecule has 3 rings (SSSR count). The molecule has 2 aromatic rings. The molecular weight excluding hydrogens is 337 g/mol. The molecule has 134 valence electrons. The Kier molecular flexibility index (Phi) is 4.98. The second kappa shape index (κ2) is 7.18. The monoisotopic (exact) mass is 354 g/mol. The Bertz CT molecular complexity index is 770. The van der Waals surface area contributed by atoms with Gasteiger partial charge in [0, 0.05) is 51.2 Å². The highest BCUT2D eigenvalue weighted by molar-refractivity contribution is 5.31. The van der Waals surface area contributed by atoms with E-state index < -0.39 is 11.9 Å². The first-order valence-electron chi connectivity index (χ1n) is 7.83. The maximum Gasteiger partial charge on any atom is 0.433 e. The molecule has 0 saturated carbocycles. The van der Waals surface area contributed by atoms with Crippen molar-refractivity contribution in [2.24, 2.45) is 0 Å². The van der Waals surface area contributed by atoms with Crippen LogP contribution in [0.4, 0.5) is 19.1 Å². The van der Waals surface area contributed by atoms with Gasteiger partial charge in [-0.2, -0.15) is 18.3 Å². The highest BCUT2D eigenvalue weighted by atomic mass is 19.4. The molecule has 0 spiro atoms. The summed E-state index contributed by atoms with van der Waals surface area (Å²) in [6, 6.07) is 3.91. The van der Waals surface area contributed by atoms with Crippen LogP contribution in [-0.2, 0) is 12.7 Å². The SMILES string of the molecule is O=c1cccnn1CCN1CCN(c2nccc(C(F)(F)F)n2)CC1. The van der Waals surface area contributed by atoms with Gasteiger partial charge in [0.15, 0.2) is 0 Å². The summed E-state index contributed by atoms with van der Waals surface area (Å²) in [5.74, 6) is 0.0930. The van der Waals surface area contributed by atoms with Gasteiger partial charge in [-0.15, -0.1) is 0 Å². The number of halogens is 3. The standard InChI is InChI=1S/C15H17F3N6O/c16-15(17,18)12-3-5-19-14(21-12)23-9-6-22(7-10-23)8-11-24-13(25)2-1-4-20-24/h1-5H,6-11H2. The van der Waals surface area contributed by atoms with E-state index in [0.29, 0.717) is 39.3 Å². The average Bonchev–Trinajstić information content (AvgIpc) is 2.61. The van der Waals surface area contributed by atoms with Gasteiger partial charge >= 0.3 is 6.18 Å². The first-order valence-corrected chi connectivity index (χ1v) is 7.83. The number of rotatable bonds is 4. The summed E-state index contributed by atoms with van der Waals surface area (Å²) >= 11 is 0. The van der Waals surface area contributed by atoms with Gasteiger partial charge in [0.25, 0.3) is 5.56 Å². The Morgan fingerprint density at radius 1 is 1.04 bits per heavy atom. The highest BCUT2D eigenvalue weighted by Crippen LogP contribution is 2.28. The molecule has 0 aliphatic carbocycles. The molecule has 0 amide bonds. The minimum atomic E-state index is -4.48. The lowest BCUT2D eigenvalue weighted by Crippen LogP contribution is -2.48. The first kappa shape index (κ1) is 17.3. The quantitative estimate of drug-likeness (QED) is 0.812. The third-order valence-electron chi connectivity index (χ3n) is 4.00. The zero-order valence-corrected chi connectivity index (χ0v) is 13.4. The van der Waals surface area contributed by atoms with Crippen LogP contribution in [0.1, 0.15) is 5.69 Å². The number of aromatic nitrogens is 4. The molecule has 25 heavy (non-hydrogen) atoms. The summed E-state index contributed by atoms with van der Waals surface area (Å²) in [6.07, 6.45) is -1.79. The molecule has 1 saturated heterocycles. The van der Waals surface area contributed by atoms with Gasteiger partial charge in [-0.05, 0) is 12.1 Å². The van der Waals surface area contributed by atoms with Crippen LogP contribution in [0.2, 0.25) is 0 Å². The van der Waals surface area contributed by atoms with Crippen molar-refractivity contribution in [1.82, 2.24) is 24.6 Å². The van der Waals surface area contributed by atoms with Crippen LogP contribution in [0.3, 0.4) is 0 Å². The van der Waals surface area contributed by atoms with Crippen LogP contribution in [-0.4, -0.2) is 57.4 Å². The third kappa shape index (κ3) is 4.32. The van der Waals surface area contributed by atoms with Gasteiger partial charge in [0.2, 0.25) is 5.95 Å². The van der Waals surface area contributed by atoms with Crippen LogP contribution in [0.25, 0.3) is 0 Å². The van der Waals surface area contributed by atoms with E-state index in [9.17, 15) is 18.0 Å². The largest absolute Gasteiger partial charge is 0.433 e. The van der Waals surface area contributed by atoms with E-state index in [0.717, 1.165) is 12.3 Å². The Morgan fingerprint density at radius 3 is 2.48 bits per heavy atom. The van der Waals surface area contributed by atoms with E-state index in [4.69, 9.17) is 0 Å². The normalized spacial score (nSPS) is 16.2. The van der Waals surface area contributed by atoms with Gasteiger partial charge in [-0.1, -0.05) is 0 Å². The molecule has 1 aliphatic rings. The predicted octanol–water partition coefficient (Wildman–Crippen LogP) is 0.874. The number of nitrogens with zero attached hydrogens (tertiary/aromatic N) is 6. The van der Waals surface area contributed by atoms with Crippen LogP contribution in [0, 0.1) is 0 Å². The molecule has 7 nitrogen and oxygen atoms in total. The Labute approximate surface area is 141 Å². The molecule has 0 unspecified atom stereocenters. The van der Waals surface area contributed by atoms with Crippen molar-refractivity contribution in [2.75, 3.05) is 37.6 Å². The Hall–Kier alpha value is -2.49. The van der Waals surface area contributed by atoms with E-state index in [2.05, 4.69) is 20.0 Å². The number of hydrogen-bond donors (Lipinski definition) is 0. The molecule has 0 bridgehead atoms. The zero-order chi connectivity index (χ0) is 17.9. The molecule has 3 heterocycles. The maximum atomic E-state index is 12.7. The third-order valence-corrected chi connectivity index (χ3v) is 4.00. The van der Waals surface area contributed by atoms with Crippen molar-refractivity contribution in [3.05, 3.63) is 46.6 Å². The van der Waals surface area contributed by atoms with Crippen LogP contribution in [0.5, 0.6) is 0 Å². The summed E-state index contributed by atoms with van der Waals surface area (Å²) in [7, 11) is 0. The van der Waals surface area contributed by atoms with Gasteiger partial charge in [0.05, 0.1) is 6.54 Å². The summed E-state index contributed by atoms with van der Waals surface area (Å²) in [5.41, 5.74) is -1.09. The van der Waals surface area contributed by atoms with Crippen molar-refractivity contribution < 1.29 is 13.2 Å². The number of piperazine rings is 1. The minimum absolute atomic E-state index is 0.0930. The van der Waals surface area contributed by atoms with Crippen molar-refractivity contribution in [3.8, 4) is 0 Å². The first-order chi connectivity index (χ1) is 11.9. The lowest BCUT2D eigenvalue weighted by atomic mass is 10.3. The topological polar surface area (TPSA) is 67.2 Å². The lowest BCUT2D eigenvalue weighted by Gasteiger charge is -2.34. The predicted molar refractivity (Wildman–Crippen MR) is 84.2 cm³/mol. The van der Waals surface area contributed by atoms with E-state index >= 15 is 0 Å². The second-order valence-corrected chi connectivity index (χ2v) is 5.65. The van der Waals surface area contributed by atoms with Crippen molar-refractivity contribution in [3.63, 3.8) is 0 Å². The van der Waals surface area contributed by atoms with E-state index in [1.165, 1.54) is 10.7 Å². The van der Waals surface area contributed by atoms with Crippen LogP contribution in [0.15, 0.2) is 35.4 Å². The molecule has 0 radical (unpaired) electrons. The Morgan fingerprint density at radius 2 is 1.80 bits per heavy atom. The van der Waals surface area contributed by atoms with E-state index in [1.54, 1.807) is 17.2 Å². The Balaban J connectivity index is 1.55. The van der Waals surface area contributed by atoms with Crippen molar-refractivity contribution in [2.45, 2.75) is 12.7 Å². The fraction of sp³-hybridized carbons (Fsp3) is 0.467. The zero-order valence-electron chi connectivity index (χ0n) is 13.4. The number of hydrogen-bond acceptors (Lipinski definition) is 6. The smallest absolute Gasteiger partial charge is 0.338 e. The molecule has 1 fully saturated rings. The molecule has 10 heteroatoms. The van der Waals surface area contributed by atoms with E-state index in [-0.39, 0.29) is 11.5 Å². The second-order valence-electron chi connectivity index (χ2n) is 5.65. The molecule has 1 aliphatic heterocycles. The van der Waals surface area contributed by atoms with E-state index in [1.807, 2.05) is 0 Å². The summed E-state index contributed by atoms with van der Waals surface area (Å²) in [6.45, 7) is 3.48. The fourth-order valence-corrected chi connectivity index (χ4v) is 2.62. The van der Waals surface area contributed by atoms with Gasteiger partial charge < -0.3 is 4.90 Å². The van der Waals surface area contributed by atoms with Crippen LogP contribution >= 0.6 is 0 Å². The van der Waals surface area contributed by atoms with Gasteiger partial charge in [-0.25, -0.2) is 14.6 Å². The summed E-state index contributed by atoms with van der Waals surface area (Å²) in [5, 5.41) is 4.00. The fourth-order valence-electron chi connectivity index (χ4n) is 2.62. The number of alkyl halides is 3. The summed E-state index contributed by atoms with van der Waals surface area (Å²) < 4.78 is 39.6. The highest BCUT2D eigenvalue weighted by Gasteiger charge is 2.33. The van der Waals surface area contributed by atoms with Gasteiger partial charge in [-0.3, -0.25) is 9.69 Å². The number of anilines is 1. The maximum absolute atomic E-state index is 12.7. The minimum Gasteiger partial charge on any atom is -0.338 e. The lowest BCUT2D eigenvalue weighted by molar-refractivity contribution is -0.141.